The van der Waals surface area contributed by atoms with Gasteiger partial charge in [-0.3, -0.25) is 9.59 Å². The number of nitrogens with zero attached hydrogens (tertiary/aromatic N) is 2. The molecule has 110 valence electrons. The van der Waals surface area contributed by atoms with Crippen LogP contribution in [0.2, 0.25) is 0 Å². The number of primary amides is 1. The minimum Gasteiger partial charge on any atom is -0.368 e. The average molecular weight is 279 g/mol. The molecule has 2 atom stereocenters. The van der Waals surface area contributed by atoms with Crippen molar-refractivity contribution >= 4 is 11.8 Å². The average Bonchev–Trinajstić information content (AvgIpc) is 2.97. The molecule has 2 N–H and O–H groups in total. The Morgan fingerprint density at radius 2 is 2.20 bits per heavy atom. The first-order valence-electron chi connectivity index (χ1n) is 6.94. The van der Waals surface area contributed by atoms with Crippen molar-refractivity contribution in [3.8, 4) is 0 Å². The zero-order valence-corrected chi connectivity index (χ0v) is 12.1. The number of aromatic nitrogens is 1. The molecule has 6 heteroatoms. The van der Waals surface area contributed by atoms with Gasteiger partial charge in [-0.05, 0) is 25.7 Å². The number of hydrogen-bond donors (Lipinski definition) is 1. The van der Waals surface area contributed by atoms with Gasteiger partial charge in [0.2, 0.25) is 11.8 Å². The Hall–Kier alpha value is -1.85. The number of carbonyl (C=O) groups excluding carboxylic acids is 2. The van der Waals surface area contributed by atoms with E-state index in [0.29, 0.717) is 18.7 Å². The van der Waals surface area contributed by atoms with Crippen molar-refractivity contribution in [3.63, 3.8) is 0 Å². The summed E-state index contributed by atoms with van der Waals surface area (Å²) in [5.41, 5.74) is 6.12. The highest BCUT2D eigenvalue weighted by molar-refractivity contribution is 5.90. The summed E-state index contributed by atoms with van der Waals surface area (Å²) in [5, 5.41) is 3.85. The van der Waals surface area contributed by atoms with Crippen LogP contribution in [-0.2, 0) is 9.59 Å². The molecule has 1 aliphatic rings. The van der Waals surface area contributed by atoms with Crippen LogP contribution in [0.1, 0.15) is 44.1 Å². The smallest absolute Gasteiger partial charge is 0.240 e. The van der Waals surface area contributed by atoms with Gasteiger partial charge in [-0.1, -0.05) is 19.0 Å². The molecular weight excluding hydrogens is 258 g/mol. The number of carbonyl (C=O) groups is 2. The van der Waals surface area contributed by atoms with Crippen LogP contribution in [0.25, 0.3) is 0 Å². The zero-order chi connectivity index (χ0) is 14.9. The second kappa shape index (κ2) is 5.64. The van der Waals surface area contributed by atoms with E-state index >= 15 is 0 Å². The lowest BCUT2D eigenvalue weighted by atomic mass is 9.91. The lowest BCUT2D eigenvalue weighted by Crippen LogP contribution is -2.46. The number of nitrogens with two attached hydrogens (primary N) is 1. The number of amides is 2. The van der Waals surface area contributed by atoms with Gasteiger partial charge in [-0.2, -0.15) is 0 Å². The first kappa shape index (κ1) is 14.6. The van der Waals surface area contributed by atoms with E-state index in [4.69, 9.17) is 10.3 Å². The maximum atomic E-state index is 12.7. The summed E-state index contributed by atoms with van der Waals surface area (Å²) in [6.07, 6.45) is 1.45. The molecule has 20 heavy (non-hydrogen) atoms. The third-order valence-electron chi connectivity index (χ3n) is 3.75. The van der Waals surface area contributed by atoms with Gasteiger partial charge in [0.25, 0.3) is 0 Å². The molecule has 0 spiro atoms. The Labute approximate surface area is 118 Å². The molecule has 1 saturated heterocycles. The summed E-state index contributed by atoms with van der Waals surface area (Å²) in [5.74, 6) is -0.345. The van der Waals surface area contributed by atoms with Crippen LogP contribution in [0.4, 0.5) is 0 Å². The van der Waals surface area contributed by atoms with Crippen LogP contribution >= 0.6 is 0 Å². The van der Waals surface area contributed by atoms with Crippen LogP contribution in [0.5, 0.6) is 0 Å². The van der Waals surface area contributed by atoms with E-state index in [9.17, 15) is 9.59 Å². The molecule has 1 fully saturated rings. The van der Waals surface area contributed by atoms with E-state index in [1.165, 1.54) is 0 Å². The quantitative estimate of drug-likeness (QED) is 0.896. The fourth-order valence-corrected chi connectivity index (χ4v) is 2.77. The molecule has 1 aliphatic heterocycles. The first-order chi connectivity index (χ1) is 9.41. The number of hydrogen-bond acceptors (Lipinski definition) is 4. The van der Waals surface area contributed by atoms with Gasteiger partial charge >= 0.3 is 0 Å². The van der Waals surface area contributed by atoms with Crippen molar-refractivity contribution in [2.45, 2.75) is 45.6 Å². The SMILES string of the molecule is Cc1cc([C@@H](C(=O)N2CCCC2C(N)=O)C(C)C)on1. The summed E-state index contributed by atoms with van der Waals surface area (Å²) >= 11 is 0. The van der Waals surface area contributed by atoms with Crippen LogP contribution in [0, 0.1) is 12.8 Å². The van der Waals surface area contributed by atoms with E-state index in [1.807, 2.05) is 20.8 Å². The number of likely N-dealkylation sites (tertiary alicyclic amines) is 1. The second-order valence-electron chi connectivity index (χ2n) is 5.68. The number of rotatable bonds is 4. The Morgan fingerprint density at radius 3 is 2.70 bits per heavy atom. The molecule has 1 unspecified atom stereocenters. The molecule has 0 aromatic carbocycles. The highest BCUT2D eigenvalue weighted by atomic mass is 16.5. The van der Waals surface area contributed by atoms with Crippen molar-refractivity contribution in [2.24, 2.45) is 11.7 Å². The summed E-state index contributed by atoms with van der Waals surface area (Å²) < 4.78 is 5.25. The molecule has 2 rings (SSSR count). The summed E-state index contributed by atoms with van der Waals surface area (Å²) in [4.78, 5) is 25.8. The topological polar surface area (TPSA) is 89.4 Å². The largest absolute Gasteiger partial charge is 0.368 e. The fourth-order valence-electron chi connectivity index (χ4n) is 2.77. The molecule has 1 aromatic heterocycles. The van der Waals surface area contributed by atoms with Gasteiger partial charge in [0.15, 0.2) is 0 Å². The molecule has 0 radical (unpaired) electrons. The molecule has 6 nitrogen and oxygen atoms in total. The van der Waals surface area contributed by atoms with Crippen molar-refractivity contribution in [1.29, 1.82) is 0 Å². The molecule has 0 saturated carbocycles. The van der Waals surface area contributed by atoms with Crippen LogP contribution in [-0.4, -0.2) is 34.5 Å². The van der Waals surface area contributed by atoms with Gasteiger partial charge < -0.3 is 15.2 Å². The van der Waals surface area contributed by atoms with Crippen molar-refractivity contribution in [2.75, 3.05) is 6.54 Å². The Kier molecular flexibility index (Phi) is 4.11. The van der Waals surface area contributed by atoms with E-state index in [2.05, 4.69) is 5.16 Å². The monoisotopic (exact) mass is 279 g/mol. The van der Waals surface area contributed by atoms with E-state index < -0.39 is 17.9 Å². The van der Waals surface area contributed by atoms with Crippen LogP contribution in [0.3, 0.4) is 0 Å². The molecule has 2 amide bonds. The van der Waals surface area contributed by atoms with Crippen molar-refractivity contribution in [1.82, 2.24) is 10.1 Å². The second-order valence-corrected chi connectivity index (χ2v) is 5.68. The third-order valence-corrected chi connectivity index (χ3v) is 3.75. The molecule has 0 aliphatic carbocycles. The van der Waals surface area contributed by atoms with Gasteiger partial charge in [0.05, 0.1) is 5.69 Å². The van der Waals surface area contributed by atoms with Crippen LogP contribution in [0.15, 0.2) is 10.6 Å². The molecule has 0 bridgehead atoms. The number of aryl methyl sites for hydroxylation is 1. The summed E-state index contributed by atoms with van der Waals surface area (Å²) in [7, 11) is 0. The van der Waals surface area contributed by atoms with E-state index in [1.54, 1.807) is 11.0 Å². The lowest BCUT2D eigenvalue weighted by Gasteiger charge is -2.27. The summed E-state index contributed by atoms with van der Waals surface area (Å²) in [6.45, 7) is 6.30. The Morgan fingerprint density at radius 1 is 1.50 bits per heavy atom. The third kappa shape index (κ3) is 2.69. The lowest BCUT2D eigenvalue weighted by molar-refractivity contribution is -0.139. The maximum absolute atomic E-state index is 12.7. The van der Waals surface area contributed by atoms with Gasteiger partial charge in [-0.15, -0.1) is 0 Å². The van der Waals surface area contributed by atoms with Gasteiger partial charge in [0.1, 0.15) is 17.7 Å². The predicted octanol–water partition coefficient (Wildman–Crippen LogP) is 1.20. The Balaban J connectivity index is 2.26. The maximum Gasteiger partial charge on any atom is 0.240 e. The normalized spacial score (nSPS) is 20.4. The zero-order valence-electron chi connectivity index (χ0n) is 12.1. The highest BCUT2D eigenvalue weighted by Crippen LogP contribution is 2.30. The van der Waals surface area contributed by atoms with Crippen LogP contribution < -0.4 is 5.73 Å². The van der Waals surface area contributed by atoms with E-state index in [-0.39, 0.29) is 11.8 Å². The van der Waals surface area contributed by atoms with Crippen molar-refractivity contribution in [3.05, 3.63) is 17.5 Å². The predicted molar refractivity (Wildman–Crippen MR) is 72.7 cm³/mol. The minimum atomic E-state index is -0.493. The molecular formula is C14H21N3O3. The first-order valence-corrected chi connectivity index (χ1v) is 6.94. The van der Waals surface area contributed by atoms with E-state index in [0.717, 1.165) is 12.1 Å². The fraction of sp³-hybridized carbons (Fsp3) is 0.643. The molecule has 1 aromatic rings. The van der Waals surface area contributed by atoms with Gasteiger partial charge in [-0.25, -0.2) is 0 Å². The summed E-state index contributed by atoms with van der Waals surface area (Å²) in [6, 6.07) is 1.28. The molecule has 2 heterocycles. The van der Waals surface area contributed by atoms with Gasteiger partial charge in [0, 0.05) is 12.6 Å². The Bertz CT molecular complexity index is 510. The minimum absolute atomic E-state index is 0.0592. The van der Waals surface area contributed by atoms with Crippen molar-refractivity contribution < 1.29 is 14.1 Å². The standard InChI is InChI=1S/C14H21N3O3/c1-8(2)12(11-7-9(3)16-20-11)14(19)17-6-4-5-10(17)13(15)18/h7-8,10,12H,4-6H2,1-3H3,(H2,15,18)/t10?,12-/m0/s1. The highest BCUT2D eigenvalue weighted by Gasteiger charge is 2.39.